The van der Waals surface area contributed by atoms with Crippen molar-refractivity contribution in [2.75, 3.05) is 0 Å². The second-order valence-corrected chi connectivity index (χ2v) is 4.87. The SMILES string of the molecule is O=C(O)/C=C/c1cccc(Oc2cc(F)cc(Br)c2)c1. The van der Waals surface area contributed by atoms with E-state index in [1.54, 1.807) is 30.3 Å². The molecule has 0 amide bonds. The van der Waals surface area contributed by atoms with Crippen LogP contribution >= 0.6 is 15.9 Å². The van der Waals surface area contributed by atoms with Crippen molar-refractivity contribution in [3.8, 4) is 11.5 Å². The zero-order chi connectivity index (χ0) is 14.5. The molecule has 102 valence electrons. The first-order valence-electron chi connectivity index (χ1n) is 5.68. The van der Waals surface area contributed by atoms with Gasteiger partial charge in [-0.15, -0.1) is 0 Å². The van der Waals surface area contributed by atoms with E-state index < -0.39 is 11.8 Å². The summed E-state index contributed by atoms with van der Waals surface area (Å²) in [4.78, 5) is 10.5. The first kappa shape index (κ1) is 14.3. The summed E-state index contributed by atoms with van der Waals surface area (Å²) in [5.41, 5.74) is 0.681. The maximum Gasteiger partial charge on any atom is 0.328 e. The molecule has 0 aliphatic rings. The molecule has 0 aromatic heterocycles. The van der Waals surface area contributed by atoms with Crippen molar-refractivity contribution in [1.82, 2.24) is 0 Å². The number of carboxylic acids is 1. The van der Waals surface area contributed by atoms with Gasteiger partial charge in [-0.05, 0) is 35.9 Å². The van der Waals surface area contributed by atoms with Crippen LogP contribution in [0.3, 0.4) is 0 Å². The van der Waals surface area contributed by atoms with Crippen molar-refractivity contribution < 1.29 is 19.0 Å². The van der Waals surface area contributed by atoms with E-state index in [1.807, 2.05) is 0 Å². The van der Waals surface area contributed by atoms with E-state index in [0.29, 0.717) is 21.5 Å². The molecular formula is C15H10BrFO3. The van der Waals surface area contributed by atoms with Gasteiger partial charge >= 0.3 is 5.97 Å². The molecule has 0 atom stereocenters. The van der Waals surface area contributed by atoms with E-state index in [9.17, 15) is 9.18 Å². The lowest BCUT2D eigenvalue weighted by Crippen LogP contribution is -1.88. The lowest BCUT2D eigenvalue weighted by atomic mass is 10.2. The molecule has 0 fully saturated rings. The van der Waals surface area contributed by atoms with E-state index in [2.05, 4.69) is 15.9 Å². The number of halogens is 2. The number of rotatable bonds is 4. The van der Waals surface area contributed by atoms with Gasteiger partial charge in [0, 0.05) is 16.6 Å². The average Bonchev–Trinajstić information content (AvgIpc) is 2.35. The van der Waals surface area contributed by atoms with Crippen molar-refractivity contribution in [3.05, 3.63) is 64.4 Å². The monoisotopic (exact) mass is 336 g/mol. The molecule has 2 aromatic rings. The lowest BCUT2D eigenvalue weighted by Gasteiger charge is -2.07. The highest BCUT2D eigenvalue weighted by atomic mass is 79.9. The van der Waals surface area contributed by atoms with Crippen LogP contribution < -0.4 is 4.74 Å². The predicted octanol–water partition coefficient (Wildman–Crippen LogP) is 4.48. The molecule has 0 aliphatic carbocycles. The molecule has 0 heterocycles. The summed E-state index contributed by atoms with van der Waals surface area (Å²) < 4.78 is 19.3. The van der Waals surface area contributed by atoms with Gasteiger partial charge in [0.25, 0.3) is 0 Å². The molecular weight excluding hydrogens is 327 g/mol. The molecule has 1 N–H and O–H groups in total. The standard InChI is InChI=1S/C15H10BrFO3/c16-11-7-12(17)9-14(8-11)20-13-3-1-2-10(6-13)4-5-15(18)19/h1-9H,(H,18,19)/b5-4+. The Bertz CT molecular complexity index is 648. The summed E-state index contributed by atoms with van der Waals surface area (Å²) >= 11 is 3.19. The Labute approximate surface area is 123 Å². The van der Waals surface area contributed by atoms with E-state index in [1.165, 1.54) is 18.2 Å². The fourth-order valence-corrected chi connectivity index (χ4v) is 2.02. The van der Waals surface area contributed by atoms with Crippen LogP contribution in [0.4, 0.5) is 4.39 Å². The minimum atomic E-state index is -1.02. The van der Waals surface area contributed by atoms with Gasteiger partial charge < -0.3 is 9.84 Å². The molecule has 2 aromatic carbocycles. The maximum absolute atomic E-state index is 13.2. The van der Waals surface area contributed by atoms with E-state index in [0.717, 1.165) is 6.08 Å². The summed E-state index contributed by atoms with van der Waals surface area (Å²) in [5.74, 6) is -0.576. The summed E-state index contributed by atoms with van der Waals surface area (Å²) in [6, 6.07) is 11.1. The molecule has 0 saturated heterocycles. The fraction of sp³-hybridized carbons (Fsp3) is 0. The number of carboxylic acid groups (broad SMARTS) is 1. The number of ether oxygens (including phenoxy) is 1. The minimum Gasteiger partial charge on any atom is -0.478 e. The third-order valence-corrected chi connectivity index (χ3v) is 2.81. The minimum absolute atomic E-state index is 0.358. The third kappa shape index (κ3) is 4.20. The van der Waals surface area contributed by atoms with Gasteiger partial charge in [0.05, 0.1) is 0 Å². The normalized spacial score (nSPS) is 10.7. The molecule has 2 rings (SSSR count). The molecule has 5 heteroatoms. The zero-order valence-corrected chi connectivity index (χ0v) is 11.8. The first-order chi connectivity index (χ1) is 9.52. The summed E-state index contributed by atoms with van der Waals surface area (Å²) in [7, 11) is 0. The van der Waals surface area contributed by atoms with Gasteiger partial charge in [0.1, 0.15) is 17.3 Å². The Balaban J connectivity index is 2.21. The first-order valence-corrected chi connectivity index (χ1v) is 6.47. The molecule has 0 spiro atoms. The smallest absolute Gasteiger partial charge is 0.328 e. The van der Waals surface area contributed by atoms with Crippen molar-refractivity contribution in [3.63, 3.8) is 0 Å². The maximum atomic E-state index is 13.2. The van der Waals surface area contributed by atoms with Crippen LogP contribution in [0.2, 0.25) is 0 Å². The number of carbonyl (C=O) groups is 1. The Morgan fingerprint density at radius 3 is 2.70 bits per heavy atom. The molecule has 20 heavy (non-hydrogen) atoms. The summed E-state index contributed by atoms with van der Waals surface area (Å²) in [5, 5.41) is 8.58. The Morgan fingerprint density at radius 2 is 2.00 bits per heavy atom. The van der Waals surface area contributed by atoms with Gasteiger partial charge in [0.15, 0.2) is 0 Å². The van der Waals surface area contributed by atoms with Crippen LogP contribution in [0, 0.1) is 5.82 Å². The Hall–Kier alpha value is -2.14. The van der Waals surface area contributed by atoms with Crippen LogP contribution in [-0.4, -0.2) is 11.1 Å². The van der Waals surface area contributed by atoms with Crippen LogP contribution in [0.25, 0.3) is 6.08 Å². The van der Waals surface area contributed by atoms with E-state index in [4.69, 9.17) is 9.84 Å². The van der Waals surface area contributed by atoms with Crippen LogP contribution in [0.15, 0.2) is 53.0 Å². The Kier molecular flexibility index (Phi) is 4.53. The van der Waals surface area contributed by atoms with Gasteiger partial charge in [-0.3, -0.25) is 0 Å². The zero-order valence-electron chi connectivity index (χ0n) is 10.2. The van der Waals surface area contributed by atoms with Crippen LogP contribution in [-0.2, 0) is 4.79 Å². The van der Waals surface area contributed by atoms with Crippen LogP contribution in [0.5, 0.6) is 11.5 Å². The van der Waals surface area contributed by atoms with Gasteiger partial charge in [-0.25, -0.2) is 9.18 Å². The number of hydrogen-bond acceptors (Lipinski definition) is 2. The molecule has 0 bridgehead atoms. The van der Waals surface area contributed by atoms with Crippen molar-refractivity contribution >= 4 is 28.0 Å². The predicted molar refractivity (Wildman–Crippen MR) is 77.3 cm³/mol. The van der Waals surface area contributed by atoms with Gasteiger partial charge in [-0.1, -0.05) is 28.1 Å². The number of hydrogen-bond donors (Lipinski definition) is 1. The number of benzene rings is 2. The Morgan fingerprint density at radius 1 is 1.20 bits per heavy atom. The van der Waals surface area contributed by atoms with Crippen molar-refractivity contribution in [2.24, 2.45) is 0 Å². The number of aliphatic carboxylic acids is 1. The topological polar surface area (TPSA) is 46.5 Å². The molecule has 0 saturated carbocycles. The average molecular weight is 337 g/mol. The van der Waals surface area contributed by atoms with Gasteiger partial charge in [0.2, 0.25) is 0 Å². The second-order valence-electron chi connectivity index (χ2n) is 3.95. The largest absolute Gasteiger partial charge is 0.478 e. The quantitative estimate of drug-likeness (QED) is 0.837. The van der Waals surface area contributed by atoms with Crippen LogP contribution in [0.1, 0.15) is 5.56 Å². The highest BCUT2D eigenvalue weighted by Crippen LogP contribution is 2.26. The molecule has 0 unspecified atom stereocenters. The highest BCUT2D eigenvalue weighted by Gasteiger charge is 2.02. The fourth-order valence-electron chi connectivity index (χ4n) is 1.57. The second kappa shape index (κ2) is 6.34. The molecule has 0 radical (unpaired) electrons. The lowest BCUT2D eigenvalue weighted by molar-refractivity contribution is -0.131. The molecule has 0 aliphatic heterocycles. The van der Waals surface area contributed by atoms with Crippen molar-refractivity contribution in [1.29, 1.82) is 0 Å². The van der Waals surface area contributed by atoms with Gasteiger partial charge in [-0.2, -0.15) is 0 Å². The van der Waals surface area contributed by atoms with Crippen molar-refractivity contribution in [2.45, 2.75) is 0 Å². The summed E-state index contributed by atoms with van der Waals surface area (Å²) in [6.07, 6.45) is 2.49. The van der Waals surface area contributed by atoms with E-state index in [-0.39, 0.29) is 0 Å². The third-order valence-electron chi connectivity index (χ3n) is 2.35. The molecule has 3 nitrogen and oxygen atoms in total. The van der Waals surface area contributed by atoms with E-state index >= 15 is 0 Å². The summed E-state index contributed by atoms with van der Waals surface area (Å²) in [6.45, 7) is 0. The highest BCUT2D eigenvalue weighted by molar-refractivity contribution is 9.10.